The van der Waals surface area contributed by atoms with E-state index < -0.39 is 0 Å². The van der Waals surface area contributed by atoms with E-state index in [2.05, 4.69) is 11.1 Å². The smallest absolute Gasteiger partial charge is 0.182 e. The Morgan fingerprint density at radius 1 is 1.21 bits per heavy atom. The lowest BCUT2D eigenvalue weighted by atomic mass is 10.2. The number of fused-ring (bicyclic) bond motifs is 1. The minimum absolute atomic E-state index is 0.554. The molecule has 0 aliphatic carbocycles. The maximum absolute atomic E-state index is 8.98. The van der Waals surface area contributed by atoms with Crippen molar-refractivity contribution in [2.24, 2.45) is 0 Å². The third kappa shape index (κ3) is 1.93. The van der Waals surface area contributed by atoms with Crippen molar-refractivity contribution < 1.29 is 0 Å². The summed E-state index contributed by atoms with van der Waals surface area (Å²) in [5.41, 5.74) is 3.10. The summed E-state index contributed by atoms with van der Waals surface area (Å²) in [7, 11) is 0. The molecule has 19 heavy (non-hydrogen) atoms. The fourth-order valence-electron chi connectivity index (χ4n) is 2.08. The lowest BCUT2D eigenvalue weighted by Gasteiger charge is -2.05. The highest BCUT2D eigenvalue weighted by Crippen LogP contribution is 2.26. The van der Waals surface area contributed by atoms with Crippen LogP contribution in [0.2, 0.25) is 5.02 Å². The Hall–Kier alpha value is -2.09. The fourth-order valence-corrected chi connectivity index (χ4v) is 2.64. The van der Waals surface area contributed by atoms with E-state index in [1.54, 1.807) is 12.1 Å². The van der Waals surface area contributed by atoms with Gasteiger partial charge in [-0.05, 0) is 42.5 Å². The number of hydrogen-bond acceptors (Lipinski definition) is 2. The van der Waals surface area contributed by atoms with E-state index in [9.17, 15) is 0 Å². The Morgan fingerprint density at radius 2 is 2.00 bits per heavy atom. The zero-order valence-electron chi connectivity index (χ0n) is 9.72. The first-order chi connectivity index (χ1) is 9.20. The van der Waals surface area contributed by atoms with Gasteiger partial charge in [-0.1, -0.05) is 23.7 Å². The van der Waals surface area contributed by atoms with Crippen molar-refractivity contribution in [3.63, 3.8) is 0 Å². The van der Waals surface area contributed by atoms with Gasteiger partial charge in [0.15, 0.2) is 4.77 Å². The van der Waals surface area contributed by atoms with E-state index >= 15 is 0 Å². The molecule has 92 valence electrons. The normalized spacial score (nSPS) is 10.5. The Morgan fingerprint density at radius 3 is 2.79 bits per heavy atom. The number of rotatable bonds is 1. The third-order valence-electron chi connectivity index (χ3n) is 2.89. The standard InChI is InChI=1S/C14H8ClN3S/c15-11-5-2-6-12-13(11)18(14(19)17-12)10-4-1-3-9(7-10)8-16/h1-7H,(H,17,19). The van der Waals surface area contributed by atoms with Gasteiger partial charge in [-0.3, -0.25) is 4.57 Å². The van der Waals surface area contributed by atoms with Gasteiger partial charge >= 0.3 is 0 Å². The first kappa shape index (κ1) is 12.0. The zero-order valence-corrected chi connectivity index (χ0v) is 11.3. The minimum Gasteiger partial charge on any atom is -0.330 e. The van der Waals surface area contributed by atoms with Crippen LogP contribution < -0.4 is 0 Å². The monoisotopic (exact) mass is 285 g/mol. The molecule has 0 atom stereocenters. The molecule has 0 unspecified atom stereocenters. The number of aromatic amines is 1. The first-order valence-electron chi connectivity index (χ1n) is 5.60. The van der Waals surface area contributed by atoms with Gasteiger partial charge in [-0.25, -0.2) is 0 Å². The van der Waals surface area contributed by atoms with Crippen LogP contribution in [0, 0.1) is 16.1 Å². The second-order valence-corrected chi connectivity index (χ2v) is 4.86. The molecule has 2 aromatic carbocycles. The number of nitriles is 1. The molecule has 5 heteroatoms. The predicted octanol–water partition coefficient (Wildman–Crippen LogP) is 4.21. The van der Waals surface area contributed by atoms with Gasteiger partial charge in [0.2, 0.25) is 0 Å². The van der Waals surface area contributed by atoms with Crippen LogP contribution in [-0.2, 0) is 0 Å². The lowest BCUT2D eigenvalue weighted by molar-refractivity contribution is 1.06. The maximum Gasteiger partial charge on any atom is 0.182 e. The SMILES string of the molecule is N#Cc1cccc(-n2c(=S)[nH]c3cccc(Cl)c32)c1. The van der Waals surface area contributed by atoms with Crippen LogP contribution >= 0.6 is 23.8 Å². The van der Waals surface area contributed by atoms with Gasteiger partial charge in [0, 0.05) is 5.69 Å². The summed E-state index contributed by atoms with van der Waals surface area (Å²) >= 11 is 11.6. The van der Waals surface area contributed by atoms with Gasteiger partial charge in [0.05, 0.1) is 27.7 Å². The van der Waals surface area contributed by atoms with E-state index in [1.807, 2.05) is 34.9 Å². The van der Waals surface area contributed by atoms with Gasteiger partial charge < -0.3 is 4.98 Å². The summed E-state index contributed by atoms with van der Waals surface area (Å²) in [5.74, 6) is 0. The summed E-state index contributed by atoms with van der Waals surface area (Å²) < 4.78 is 2.39. The fraction of sp³-hybridized carbons (Fsp3) is 0. The molecule has 0 aliphatic rings. The Labute approximate surface area is 119 Å². The largest absolute Gasteiger partial charge is 0.330 e. The molecule has 0 radical (unpaired) electrons. The van der Waals surface area contributed by atoms with E-state index in [-0.39, 0.29) is 0 Å². The van der Waals surface area contributed by atoms with E-state index in [1.165, 1.54) is 0 Å². The predicted molar refractivity (Wildman–Crippen MR) is 78.2 cm³/mol. The molecule has 0 fully saturated rings. The van der Waals surface area contributed by atoms with Crippen LogP contribution in [0.3, 0.4) is 0 Å². The molecule has 0 aliphatic heterocycles. The summed E-state index contributed by atoms with van der Waals surface area (Å²) in [5, 5.41) is 9.60. The number of H-pyrrole nitrogens is 1. The number of imidazole rings is 1. The second-order valence-electron chi connectivity index (χ2n) is 4.06. The minimum atomic E-state index is 0.554. The van der Waals surface area contributed by atoms with Crippen molar-refractivity contribution in [2.45, 2.75) is 0 Å². The number of nitrogens with zero attached hydrogens (tertiary/aromatic N) is 2. The molecule has 0 saturated heterocycles. The molecule has 3 rings (SSSR count). The van der Waals surface area contributed by atoms with Crippen molar-refractivity contribution in [2.75, 3.05) is 0 Å². The van der Waals surface area contributed by atoms with Crippen molar-refractivity contribution in [3.05, 3.63) is 57.8 Å². The van der Waals surface area contributed by atoms with Crippen molar-refractivity contribution in [1.82, 2.24) is 9.55 Å². The Kier molecular flexibility index (Phi) is 2.86. The number of para-hydroxylation sites is 1. The van der Waals surface area contributed by atoms with Crippen molar-refractivity contribution in [1.29, 1.82) is 5.26 Å². The van der Waals surface area contributed by atoms with Gasteiger partial charge in [-0.2, -0.15) is 5.26 Å². The first-order valence-corrected chi connectivity index (χ1v) is 6.39. The molecule has 0 bridgehead atoms. The van der Waals surface area contributed by atoms with Crippen LogP contribution in [0.4, 0.5) is 0 Å². The van der Waals surface area contributed by atoms with Gasteiger partial charge in [0.25, 0.3) is 0 Å². The van der Waals surface area contributed by atoms with E-state index in [4.69, 9.17) is 29.1 Å². The number of nitrogens with one attached hydrogen (secondary N) is 1. The molecule has 0 saturated carbocycles. The van der Waals surface area contributed by atoms with Crippen LogP contribution in [0.5, 0.6) is 0 Å². The molecule has 1 N–H and O–H groups in total. The van der Waals surface area contributed by atoms with E-state index in [0.717, 1.165) is 16.7 Å². The number of hydrogen-bond donors (Lipinski definition) is 1. The summed E-state index contributed by atoms with van der Waals surface area (Å²) in [6, 6.07) is 15.0. The van der Waals surface area contributed by atoms with E-state index in [0.29, 0.717) is 15.4 Å². The molecule has 1 heterocycles. The molecule has 0 spiro atoms. The van der Waals surface area contributed by atoms with Crippen LogP contribution in [0.1, 0.15) is 5.56 Å². The zero-order chi connectivity index (χ0) is 13.4. The molecule has 3 nitrogen and oxygen atoms in total. The Bertz CT molecular complexity index is 870. The van der Waals surface area contributed by atoms with Crippen LogP contribution in [-0.4, -0.2) is 9.55 Å². The highest BCUT2D eigenvalue weighted by atomic mass is 35.5. The lowest BCUT2D eigenvalue weighted by Crippen LogP contribution is -1.94. The Balaban J connectivity index is 2.40. The average molecular weight is 286 g/mol. The molecular formula is C14H8ClN3S. The highest BCUT2D eigenvalue weighted by molar-refractivity contribution is 7.71. The maximum atomic E-state index is 8.98. The number of aromatic nitrogens is 2. The van der Waals surface area contributed by atoms with Crippen LogP contribution in [0.25, 0.3) is 16.7 Å². The molecule has 0 amide bonds. The second kappa shape index (κ2) is 4.54. The third-order valence-corrected chi connectivity index (χ3v) is 3.48. The average Bonchev–Trinajstić information content (AvgIpc) is 2.76. The van der Waals surface area contributed by atoms with Crippen molar-refractivity contribution >= 4 is 34.9 Å². The van der Waals surface area contributed by atoms with Gasteiger partial charge in [-0.15, -0.1) is 0 Å². The molecular weight excluding hydrogens is 278 g/mol. The number of halogens is 1. The summed E-state index contributed by atoms with van der Waals surface area (Å²) in [6.07, 6.45) is 0. The van der Waals surface area contributed by atoms with Gasteiger partial charge in [0.1, 0.15) is 0 Å². The topological polar surface area (TPSA) is 44.5 Å². The van der Waals surface area contributed by atoms with Crippen molar-refractivity contribution in [3.8, 4) is 11.8 Å². The van der Waals surface area contributed by atoms with Crippen LogP contribution in [0.15, 0.2) is 42.5 Å². The number of benzene rings is 2. The molecule has 3 aromatic rings. The molecule has 1 aromatic heterocycles. The highest BCUT2D eigenvalue weighted by Gasteiger charge is 2.09. The summed E-state index contributed by atoms with van der Waals surface area (Å²) in [4.78, 5) is 3.11. The quantitative estimate of drug-likeness (QED) is 0.681. The summed E-state index contributed by atoms with van der Waals surface area (Å²) in [6.45, 7) is 0.